The van der Waals surface area contributed by atoms with E-state index < -0.39 is 43.3 Å². The van der Waals surface area contributed by atoms with Crippen molar-refractivity contribution in [3.63, 3.8) is 0 Å². The molecule has 0 saturated carbocycles. The SMILES string of the molecule is COc1cc(OCc2ccccc2)cc(C)c1C(=O)O[C@@H]1[C@@H](O)[C@@H](OC)O[C@H](CO)[C@H]1O. The lowest BCUT2D eigenvalue weighted by Crippen LogP contribution is -2.60. The number of hydrogen-bond acceptors (Lipinski definition) is 9. The highest BCUT2D eigenvalue weighted by molar-refractivity contribution is 5.94. The van der Waals surface area contributed by atoms with E-state index in [2.05, 4.69) is 0 Å². The molecule has 174 valence electrons. The van der Waals surface area contributed by atoms with Gasteiger partial charge in [0.2, 0.25) is 0 Å². The summed E-state index contributed by atoms with van der Waals surface area (Å²) in [6.07, 6.45) is -6.55. The second-order valence-electron chi connectivity index (χ2n) is 7.40. The van der Waals surface area contributed by atoms with E-state index in [4.69, 9.17) is 23.7 Å². The molecule has 0 aromatic heterocycles. The summed E-state index contributed by atoms with van der Waals surface area (Å²) in [6.45, 7) is 1.49. The first-order valence-electron chi connectivity index (χ1n) is 10.1. The van der Waals surface area contributed by atoms with Crippen LogP contribution in [-0.4, -0.2) is 72.8 Å². The lowest BCUT2D eigenvalue weighted by atomic mass is 9.98. The predicted octanol–water partition coefficient (Wildman–Crippen LogP) is 1.19. The van der Waals surface area contributed by atoms with Gasteiger partial charge in [0, 0.05) is 13.2 Å². The molecule has 3 N–H and O–H groups in total. The minimum Gasteiger partial charge on any atom is -0.496 e. The fourth-order valence-electron chi connectivity index (χ4n) is 3.54. The third-order valence-corrected chi connectivity index (χ3v) is 5.24. The van der Waals surface area contributed by atoms with Crippen LogP contribution in [0, 0.1) is 6.92 Å². The van der Waals surface area contributed by atoms with Crippen molar-refractivity contribution >= 4 is 5.97 Å². The standard InChI is InChI=1S/C23H28O9/c1-13-9-15(30-12-14-7-5-4-6-8-14)10-16(28-2)18(13)22(27)32-21-19(25)17(11-24)31-23(29-3)20(21)26/h4-10,17,19-21,23-26H,11-12H2,1-3H3/t17-,19-,20-,21+,23+/m1/s1. The van der Waals surface area contributed by atoms with Gasteiger partial charge in [-0.3, -0.25) is 0 Å². The molecule has 32 heavy (non-hydrogen) atoms. The van der Waals surface area contributed by atoms with Crippen LogP contribution in [0.15, 0.2) is 42.5 Å². The van der Waals surface area contributed by atoms with Crippen LogP contribution in [0.5, 0.6) is 11.5 Å². The number of aliphatic hydroxyl groups is 3. The first-order valence-corrected chi connectivity index (χ1v) is 10.1. The molecule has 1 aliphatic rings. The number of hydrogen-bond donors (Lipinski definition) is 3. The molecular formula is C23H28O9. The molecule has 0 radical (unpaired) electrons. The molecule has 0 amide bonds. The van der Waals surface area contributed by atoms with Crippen molar-refractivity contribution in [2.45, 2.75) is 44.2 Å². The summed E-state index contributed by atoms with van der Waals surface area (Å²) in [5.74, 6) is -0.0905. The first kappa shape index (κ1) is 24.0. The summed E-state index contributed by atoms with van der Waals surface area (Å²) in [6, 6.07) is 12.9. The van der Waals surface area contributed by atoms with Crippen molar-refractivity contribution < 1.29 is 43.8 Å². The van der Waals surface area contributed by atoms with Crippen LogP contribution in [0.25, 0.3) is 0 Å². The van der Waals surface area contributed by atoms with Gasteiger partial charge in [0.05, 0.1) is 13.7 Å². The molecule has 1 saturated heterocycles. The highest BCUT2D eigenvalue weighted by Crippen LogP contribution is 2.32. The van der Waals surface area contributed by atoms with Crippen LogP contribution < -0.4 is 9.47 Å². The van der Waals surface area contributed by atoms with E-state index in [0.717, 1.165) is 5.56 Å². The minimum absolute atomic E-state index is 0.125. The second-order valence-corrected chi connectivity index (χ2v) is 7.40. The molecule has 1 heterocycles. The summed E-state index contributed by atoms with van der Waals surface area (Å²) in [5.41, 5.74) is 1.64. The Labute approximate surface area is 186 Å². The molecule has 2 aromatic rings. The lowest BCUT2D eigenvalue weighted by Gasteiger charge is -2.40. The Kier molecular flexibility index (Phi) is 8.05. The molecule has 2 aromatic carbocycles. The Morgan fingerprint density at radius 2 is 1.81 bits per heavy atom. The van der Waals surface area contributed by atoms with Crippen molar-refractivity contribution in [3.8, 4) is 11.5 Å². The number of carbonyl (C=O) groups is 1. The first-order chi connectivity index (χ1) is 15.4. The molecule has 1 aliphatic heterocycles. The van der Waals surface area contributed by atoms with E-state index >= 15 is 0 Å². The predicted molar refractivity (Wildman–Crippen MR) is 112 cm³/mol. The molecule has 0 spiro atoms. The van der Waals surface area contributed by atoms with E-state index in [0.29, 0.717) is 17.9 Å². The van der Waals surface area contributed by atoms with Crippen LogP contribution in [0.2, 0.25) is 0 Å². The molecule has 0 aliphatic carbocycles. The number of ether oxygens (including phenoxy) is 5. The summed E-state index contributed by atoms with van der Waals surface area (Å²) in [4.78, 5) is 13.0. The summed E-state index contributed by atoms with van der Waals surface area (Å²) in [5, 5.41) is 30.2. The van der Waals surface area contributed by atoms with Crippen molar-refractivity contribution in [1.82, 2.24) is 0 Å². The van der Waals surface area contributed by atoms with Gasteiger partial charge in [-0.1, -0.05) is 30.3 Å². The fraction of sp³-hybridized carbons (Fsp3) is 0.435. The van der Waals surface area contributed by atoms with E-state index in [1.54, 1.807) is 19.1 Å². The number of aryl methyl sites for hydroxylation is 1. The summed E-state index contributed by atoms with van der Waals surface area (Å²) in [7, 11) is 2.70. The summed E-state index contributed by atoms with van der Waals surface area (Å²) < 4.78 is 26.9. The van der Waals surface area contributed by atoms with E-state index in [1.165, 1.54) is 14.2 Å². The minimum atomic E-state index is -1.46. The van der Waals surface area contributed by atoms with Crippen molar-refractivity contribution in [2.24, 2.45) is 0 Å². The Hall–Kier alpha value is -2.69. The van der Waals surface area contributed by atoms with Crippen LogP contribution in [0.4, 0.5) is 0 Å². The Bertz CT molecular complexity index is 886. The third kappa shape index (κ3) is 5.20. The number of aliphatic hydroxyl groups excluding tert-OH is 3. The van der Waals surface area contributed by atoms with Gasteiger partial charge in [0.15, 0.2) is 12.4 Å². The molecule has 1 fully saturated rings. The highest BCUT2D eigenvalue weighted by atomic mass is 16.7. The maximum absolute atomic E-state index is 13.0. The van der Waals surface area contributed by atoms with Crippen LogP contribution >= 0.6 is 0 Å². The van der Waals surface area contributed by atoms with Crippen molar-refractivity contribution in [3.05, 3.63) is 59.2 Å². The summed E-state index contributed by atoms with van der Waals surface area (Å²) >= 11 is 0. The smallest absolute Gasteiger partial charge is 0.342 e. The van der Waals surface area contributed by atoms with E-state index in [1.807, 2.05) is 30.3 Å². The van der Waals surface area contributed by atoms with Crippen LogP contribution in [-0.2, 0) is 20.8 Å². The van der Waals surface area contributed by atoms with E-state index in [-0.39, 0.29) is 11.3 Å². The molecule has 3 rings (SSSR count). The molecular weight excluding hydrogens is 420 g/mol. The average molecular weight is 448 g/mol. The average Bonchev–Trinajstić information content (AvgIpc) is 2.80. The normalized spacial score (nSPS) is 25.2. The number of rotatable bonds is 8. The lowest BCUT2D eigenvalue weighted by molar-refractivity contribution is -0.293. The van der Waals surface area contributed by atoms with Crippen LogP contribution in [0.3, 0.4) is 0 Å². The van der Waals surface area contributed by atoms with Gasteiger partial charge in [-0.25, -0.2) is 4.79 Å². The van der Waals surface area contributed by atoms with Crippen molar-refractivity contribution in [1.29, 1.82) is 0 Å². The Morgan fingerprint density at radius 3 is 2.44 bits per heavy atom. The van der Waals surface area contributed by atoms with Gasteiger partial charge in [-0.05, 0) is 24.1 Å². The van der Waals surface area contributed by atoms with Gasteiger partial charge in [0.25, 0.3) is 0 Å². The van der Waals surface area contributed by atoms with Gasteiger partial charge < -0.3 is 39.0 Å². The van der Waals surface area contributed by atoms with Gasteiger partial charge in [-0.2, -0.15) is 0 Å². The number of esters is 1. The number of benzene rings is 2. The van der Waals surface area contributed by atoms with E-state index in [9.17, 15) is 20.1 Å². The second kappa shape index (κ2) is 10.8. The molecule has 5 atom stereocenters. The highest BCUT2D eigenvalue weighted by Gasteiger charge is 2.47. The third-order valence-electron chi connectivity index (χ3n) is 5.24. The Morgan fingerprint density at radius 1 is 1.09 bits per heavy atom. The van der Waals surface area contributed by atoms with Gasteiger partial charge >= 0.3 is 5.97 Å². The molecule has 0 bridgehead atoms. The molecule has 9 nitrogen and oxygen atoms in total. The number of methoxy groups -OCH3 is 2. The maximum atomic E-state index is 13.0. The zero-order chi connectivity index (χ0) is 23.3. The zero-order valence-electron chi connectivity index (χ0n) is 18.1. The largest absolute Gasteiger partial charge is 0.496 e. The molecule has 0 unspecified atom stereocenters. The quantitative estimate of drug-likeness (QED) is 0.511. The maximum Gasteiger partial charge on any atom is 0.342 e. The van der Waals surface area contributed by atoms with Gasteiger partial charge in [0.1, 0.15) is 42.0 Å². The topological polar surface area (TPSA) is 124 Å². The zero-order valence-corrected chi connectivity index (χ0v) is 18.1. The fourth-order valence-corrected chi connectivity index (χ4v) is 3.54. The van der Waals surface area contributed by atoms with Crippen molar-refractivity contribution in [2.75, 3.05) is 20.8 Å². The number of carbonyl (C=O) groups excluding carboxylic acids is 1. The Balaban J connectivity index is 1.79. The van der Waals surface area contributed by atoms with Gasteiger partial charge in [-0.15, -0.1) is 0 Å². The molecule has 9 heteroatoms. The van der Waals surface area contributed by atoms with Crippen LogP contribution in [0.1, 0.15) is 21.5 Å². The monoisotopic (exact) mass is 448 g/mol.